The predicted molar refractivity (Wildman–Crippen MR) is 46.2 cm³/mol. The van der Waals surface area contributed by atoms with E-state index >= 15 is 0 Å². The Bertz CT molecular complexity index is 201. The second kappa shape index (κ2) is 3.70. The van der Waals surface area contributed by atoms with Crippen LogP contribution < -0.4 is 0 Å². The van der Waals surface area contributed by atoms with Crippen LogP contribution in [0.5, 0.6) is 0 Å². The first-order valence-electron chi connectivity index (χ1n) is 4.30. The van der Waals surface area contributed by atoms with Gasteiger partial charge in [-0.15, -0.1) is 0 Å². The quantitative estimate of drug-likeness (QED) is 0.606. The largest absolute Gasteiger partial charge is 0.469 e. The highest BCUT2D eigenvalue weighted by Crippen LogP contribution is 2.26. The van der Waals surface area contributed by atoms with Gasteiger partial charge in [-0.25, -0.2) is 0 Å². The SMILES string of the molecule is COC(=O)C1CC[C@H](C)CC1=N. The molecule has 12 heavy (non-hydrogen) atoms. The van der Waals surface area contributed by atoms with E-state index in [0.29, 0.717) is 11.6 Å². The summed E-state index contributed by atoms with van der Waals surface area (Å²) < 4.78 is 4.62. The first kappa shape index (κ1) is 9.23. The minimum absolute atomic E-state index is 0.244. The van der Waals surface area contributed by atoms with Crippen molar-refractivity contribution < 1.29 is 9.53 Å². The van der Waals surface area contributed by atoms with E-state index in [9.17, 15) is 4.79 Å². The Balaban J connectivity index is 2.56. The van der Waals surface area contributed by atoms with Crippen molar-refractivity contribution in [3.63, 3.8) is 0 Å². The van der Waals surface area contributed by atoms with E-state index in [1.165, 1.54) is 7.11 Å². The van der Waals surface area contributed by atoms with E-state index in [1.807, 2.05) is 0 Å². The van der Waals surface area contributed by atoms with Crippen LogP contribution in [0.25, 0.3) is 0 Å². The van der Waals surface area contributed by atoms with E-state index in [2.05, 4.69) is 11.7 Å². The lowest BCUT2D eigenvalue weighted by atomic mass is 9.81. The normalized spacial score (nSPS) is 30.0. The second-order valence-electron chi connectivity index (χ2n) is 3.49. The number of carbonyl (C=O) groups is 1. The Morgan fingerprint density at radius 3 is 2.75 bits per heavy atom. The Labute approximate surface area is 72.6 Å². The third-order valence-corrected chi connectivity index (χ3v) is 2.42. The van der Waals surface area contributed by atoms with Gasteiger partial charge in [0, 0.05) is 5.71 Å². The predicted octanol–water partition coefficient (Wildman–Crippen LogP) is 1.62. The van der Waals surface area contributed by atoms with Gasteiger partial charge in [-0.05, 0) is 25.2 Å². The molecule has 1 aliphatic rings. The van der Waals surface area contributed by atoms with Crippen molar-refractivity contribution in [1.82, 2.24) is 0 Å². The zero-order valence-corrected chi connectivity index (χ0v) is 7.59. The highest BCUT2D eigenvalue weighted by molar-refractivity contribution is 6.01. The molecule has 0 aromatic heterocycles. The Morgan fingerprint density at radius 1 is 1.58 bits per heavy atom. The Morgan fingerprint density at radius 2 is 2.25 bits per heavy atom. The minimum Gasteiger partial charge on any atom is -0.469 e. The molecule has 3 heteroatoms. The van der Waals surface area contributed by atoms with Gasteiger partial charge in [-0.1, -0.05) is 6.92 Å². The molecule has 2 atom stereocenters. The van der Waals surface area contributed by atoms with Crippen LogP contribution in [0.2, 0.25) is 0 Å². The number of ether oxygens (including phenoxy) is 1. The summed E-state index contributed by atoms with van der Waals surface area (Å²) in [6, 6.07) is 0. The monoisotopic (exact) mass is 169 g/mol. The smallest absolute Gasteiger partial charge is 0.314 e. The highest BCUT2D eigenvalue weighted by atomic mass is 16.5. The molecule has 0 amide bonds. The molecule has 1 N–H and O–H groups in total. The molecule has 1 saturated carbocycles. The maximum Gasteiger partial charge on any atom is 0.314 e. The molecule has 1 aliphatic carbocycles. The number of carbonyl (C=O) groups excluding carboxylic acids is 1. The van der Waals surface area contributed by atoms with Crippen molar-refractivity contribution in [1.29, 1.82) is 5.41 Å². The number of rotatable bonds is 1. The van der Waals surface area contributed by atoms with E-state index in [1.54, 1.807) is 0 Å². The average Bonchev–Trinajstić information content (AvgIpc) is 2.03. The molecule has 68 valence electrons. The molecular formula is C9H15NO2. The molecule has 0 heterocycles. The molecule has 0 aliphatic heterocycles. The van der Waals surface area contributed by atoms with Crippen LogP contribution in [0.4, 0.5) is 0 Å². The topological polar surface area (TPSA) is 50.2 Å². The van der Waals surface area contributed by atoms with Crippen molar-refractivity contribution in [2.75, 3.05) is 7.11 Å². The molecule has 0 spiro atoms. The second-order valence-corrected chi connectivity index (χ2v) is 3.49. The molecule has 1 rings (SSSR count). The van der Waals surface area contributed by atoms with E-state index in [-0.39, 0.29) is 11.9 Å². The number of nitrogens with one attached hydrogen (secondary N) is 1. The van der Waals surface area contributed by atoms with Gasteiger partial charge in [0.25, 0.3) is 0 Å². The zero-order valence-electron chi connectivity index (χ0n) is 7.59. The molecule has 0 aromatic rings. The number of hydrogen-bond acceptors (Lipinski definition) is 3. The van der Waals surface area contributed by atoms with Crippen LogP contribution in [0.15, 0.2) is 0 Å². The summed E-state index contributed by atoms with van der Waals surface area (Å²) >= 11 is 0. The minimum atomic E-state index is -0.258. The van der Waals surface area contributed by atoms with Crippen molar-refractivity contribution in [2.24, 2.45) is 11.8 Å². The van der Waals surface area contributed by atoms with Crippen molar-refractivity contribution in [2.45, 2.75) is 26.2 Å². The van der Waals surface area contributed by atoms with Gasteiger partial charge >= 0.3 is 5.97 Å². The maximum absolute atomic E-state index is 11.1. The zero-order chi connectivity index (χ0) is 9.14. The standard InChI is InChI=1S/C9H15NO2/c1-6-3-4-7(8(10)5-6)9(11)12-2/h6-7,10H,3-5H2,1-2H3/t6-,7?/m0/s1. The molecule has 1 fully saturated rings. The summed E-state index contributed by atoms with van der Waals surface area (Å²) in [6.45, 7) is 2.11. The summed E-state index contributed by atoms with van der Waals surface area (Å²) in [5, 5.41) is 7.61. The van der Waals surface area contributed by atoms with E-state index in [4.69, 9.17) is 5.41 Å². The lowest BCUT2D eigenvalue weighted by molar-refractivity contribution is -0.143. The van der Waals surface area contributed by atoms with Crippen LogP contribution in [0.1, 0.15) is 26.2 Å². The third kappa shape index (κ3) is 1.84. The van der Waals surface area contributed by atoms with Gasteiger partial charge < -0.3 is 10.1 Å². The van der Waals surface area contributed by atoms with Gasteiger partial charge in [0.2, 0.25) is 0 Å². The first-order chi connectivity index (χ1) is 5.65. The van der Waals surface area contributed by atoms with Gasteiger partial charge in [0.1, 0.15) is 0 Å². The molecular weight excluding hydrogens is 154 g/mol. The highest BCUT2D eigenvalue weighted by Gasteiger charge is 2.29. The molecule has 0 radical (unpaired) electrons. The Kier molecular flexibility index (Phi) is 2.84. The fraction of sp³-hybridized carbons (Fsp3) is 0.778. The number of hydrogen-bond donors (Lipinski definition) is 1. The van der Waals surface area contributed by atoms with Crippen LogP contribution in [-0.2, 0) is 9.53 Å². The van der Waals surface area contributed by atoms with Crippen molar-refractivity contribution in [3.05, 3.63) is 0 Å². The van der Waals surface area contributed by atoms with Crippen molar-refractivity contribution >= 4 is 11.7 Å². The molecule has 0 aromatic carbocycles. The third-order valence-electron chi connectivity index (χ3n) is 2.42. The lowest BCUT2D eigenvalue weighted by Gasteiger charge is -2.24. The van der Waals surface area contributed by atoms with Crippen molar-refractivity contribution in [3.8, 4) is 0 Å². The summed E-state index contributed by atoms with van der Waals surface area (Å²) in [4.78, 5) is 11.1. The summed E-state index contributed by atoms with van der Waals surface area (Å²) in [5.74, 6) is 0.0523. The van der Waals surface area contributed by atoms with Crippen LogP contribution in [-0.4, -0.2) is 18.8 Å². The van der Waals surface area contributed by atoms with Gasteiger partial charge in [0.15, 0.2) is 0 Å². The summed E-state index contributed by atoms with van der Waals surface area (Å²) in [5.41, 5.74) is 0.542. The maximum atomic E-state index is 11.1. The number of methoxy groups -OCH3 is 1. The van der Waals surface area contributed by atoms with E-state index < -0.39 is 0 Å². The first-order valence-corrected chi connectivity index (χ1v) is 4.30. The Hall–Kier alpha value is -0.860. The van der Waals surface area contributed by atoms with Gasteiger partial charge in [0.05, 0.1) is 13.0 Å². The lowest BCUT2D eigenvalue weighted by Crippen LogP contribution is -2.30. The summed E-state index contributed by atoms with van der Waals surface area (Å²) in [7, 11) is 1.38. The van der Waals surface area contributed by atoms with Crippen LogP contribution in [0, 0.1) is 17.2 Å². The molecule has 1 unspecified atom stereocenters. The summed E-state index contributed by atoms with van der Waals surface area (Å²) in [6.07, 6.45) is 2.56. The number of esters is 1. The van der Waals surface area contributed by atoms with Crippen LogP contribution >= 0.6 is 0 Å². The molecule has 0 saturated heterocycles. The van der Waals surface area contributed by atoms with E-state index in [0.717, 1.165) is 19.3 Å². The average molecular weight is 169 g/mol. The van der Waals surface area contributed by atoms with Crippen LogP contribution in [0.3, 0.4) is 0 Å². The molecule has 3 nitrogen and oxygen atoms in total. The fourth-order valence-electron chi connectivity index (χ4n) is 1.65. The van der Waals surface area contributed by atoms with Gasteiger partial charge in [-0.3, -0.25) is 4.79 Å². The fourth-order valence-corrected chi connectivity index (χ4v) is 1.65. The van der Waals surface area contributed by atoms with Gasteiger partial charge in [-0.2, -0.15) is 0 Å². The molecule has 0 bridgehead atoms.